The second-order valence-corrected chi connectivity index (χ2v) is 2.75. The van der Waals surface area contributed by atoms with Crippen LogP contribution in [0.2, 0.25) is 0 Å². The fourth-order valence-electron chi connectivity index (χ4n) is 1.20. The smallest absolute Gasteiger partial charge is 0.223 e. The first-order valence-corrected chi connectivity index (χ1v) is 3.54. The van der Waals surface area contributed by atoms with E-state index in [4.69, 9.17) is 0 Å². The van der Waals surface area contributed by atoms with Crippen LogP contribution in [0.5, 0.6) is 0 Å². The van der Waals surface area contributed by atoms with Crippen LogP contribution in [0.25, 0.3) is 0 Å². The molecular formula is C7H13NO. The molecule has 1 aliphatic heterocycles. The molecule has 1 saturated heterocycles. The van der Waals surface area contributed by atoms with Gasteiger partial charge in [0.25, 0.3) is 0 Å². The van der Waals surface area contributed by atoms with Gasteiger partial charge in [-0.3, -0.25) is 4.79 Å². The van der Waals surface area contributed by atoms with E-state index in [2.05, 4.69) is 12.2 Å². The lowest BCUT2D eigenvalue weighted by Crippen LogP contribution is -2.25. The third kappa shape index (κ3) is 1.23. The van der Waals surface area contributed by atoms with Crippen molar-refractivity contribution >= 4 is 5.91 Å². The predicted octanol–water partition coefficient (Wildman–Crippen LogP) is 0.921. The number of nitrogens with one attached hydrogen (secondary N) is 1. The highest BCUT2D eigenvalue weighted by atomic mass is 16.2. The minimum Gasteiger partial charge on any atom is -0.353 e. The molecule has 1 rings (SSSR count). The number of carbonyl (C=O) groups excluding carboxylic acids is 1. The summed E-state index contributed by atoms with van der Waals surface area (Å²) >= 11 is 0. The second kappa shape index (κ2) is 2.38. The fourth-order valence-corrected chi connectivity index (χ4v) is 1.20. The summed E-state index contributed by atoms with van der Waals surface area (Å²) in [5.41, 5.74) is 0. The predicted molar refractivity (Wildman–Crippen MR) is 36.0 cm³/mol. The number of hydrogen-bond acceptors (Lipinski definition) is 1. The van der Waals surface area contributed by atoms with Crippen molar-refractivity contribution < 1.29 is 4.79 Å². The van der Waals surface area contributed by atoms with Crippen LogP contribution in [0.15, 0.2) is 0 Å². The first-order chi connectivity index (χ1) is 4.24. The average molecular weight is 127 g/mol. The van der Waals surface area contributed by atoms with E-state index in [0.29, 0.717) is 6.04 Å². The molecule has 1 amide bonds. The Morgan fingerprint density at radius 1 is 1.78 bits per heavy atom. The van der Waals surface area contributed by atoms with Crippen molar-refractivity contribution in [1.82, 2.24) is 5.32 Å². The van der Waals surface area contributed by atoms with Gasteiger partial charge in [-0.25, -0.2) is 0 Å². The van der Waals surface area contributed by atoms with Gasteiger partial charge in [0.05, 0.1) is 0 Å². The van der Waals surface area contributed by atoms with Crippen molar-refractivity contribution in [2.24, 2.45) is 5.92 Å². The lowest BCUT2D eigenvalue weighted by molar-refractivity contribution is -0.122. The molecule has 1 unspecified atom stereocenters. The first kappa shape index (κ1) is 6.59. The Labute approximate surface area is 55.6 Å². The van der Waals surface area contributed by atoms with Gasteiger partial charge in [-0.2, -0.15) is 0 Å². The normalized spacial score (nSPS) is 34.7. The van der Waals surface area contributed by atoms with Gasteiger partial charge in [0.15, 0.2) is 0 Å². The lowest BCUT2D eigenvalue weighted by Gasteiger charge is -2.02. The molecule has 9 heavy (non-hydrogen) atoms. The number of hydrogen-bond donors (Lipinski definition) is 1. The number of rotatable bonds is 1. The van der Waals surface area contributed by atoms with E-state index in [0.717, 1.165) is 12.8 Å². The average Bonchev–Trinajstić information content (AvgIpc) is 2.13. The maximum atomic E-state index is 10.8. The molecule has 0 saturated carbocycles. The van der Waals surface area contributed by atoms with E-state index in [1.165, 1.54) is 0 Å². The zero-order valence-corrected chi connectivity index (χ0v) is 5.98. The van der Waals surface area contributed by atoms with Crippen LogP contribution in [0, 0.1) is 5.92 Å². The van der Waals surface area contributed by atoms with Crippen molar-refractivity contribution in [2.45, 2.75) is 32.7 Å². The summed E-state index contributed by atoms with van der Waals surface area (Å²) in [7, 11) is 0. The van der Waals surface area contributed by atoms with E-state index in [1.54, 1.807) is 0 Å². The van der Waals surface area contributed by atoms with Gasteiger partial charge in [0.1, 0.15) is 0 Å². The highest BCUT2D eigenvalue weighted by Gasteiger charge is 2.26. The molecule has 0 aromatic carbocycles. The SMILES string of the molecule is CC[C@@H]1CC(C)C(=O)N1. The van der Waals surface area contributed by atoms with Crippen molar-refractivity contribution in [3.05, 3.63) is 0 Å². The highest BCUT2D eigenvalue weighted by molar-refractivity contribution is 5.80. The van der Waals surface area contributed by atoms with Crippen LogP contribution in [0.3, 0.4) is 0 Å². The topological polar surface area (TPSA) is 29.1 Å². The Morgan fingerprint density at radius 3 is 2.67 bits per heavy atom. The van der Waals surface area contributed by atoms with Crippen LogP contribution < -0.4 is 5.32 Å². The van der Waals surface area contributed by atoms with E-state index < -0.39 is 0 Å². The summed E-state index contributed by atoms with van der Waals surface area (Å²) in [6.45, 7) is 4.08. The molecule has 1 fully saturated rings. The van der Waals surface area contributed by atoms with Crippen LogP contribution in [-0.2, 0) is 4.79 Å². The summed E-state index contributed by atoms with van der Waals surface area (Å²) in [5, 5.41) is 2.91. The van der Waals surface area contributed by atoms with Gasteiger partial charge in [-0.1, -0.05) is 13.8 Å². The maximum absolute atomic E-state index is 10.8. The van der Waals surface area contributed by atoms with Crippen LogP contribution in [0.1, 0.15) is 26.7 Å². The molecule has 2 heteroatoms. The van der Waals surface area contributed by atoms with Crippen LogP contribution in [-0.4, -0.2) is 11.9 Å². The lowest BCUT2D eigenvalue weighted by atomic mass is 10.1. The van der Waals surface area contributed by atoms with Gasteiger partial charge >= 0.3 is 0 Å². The molecule has 0 aromatic heterocycles. The van der Waals surface area contributed by atoms with E-state index in [-0.39, 0.29) is 11.8 Å². The summed E-state index contributed by atoms with van der Waals surface area (Å²) in [4.78, 5) is 10.8. The van der Waals surface area contributed by atoms with Crippen molar-refractivity contribution in [1.29, 1.82) is 0 Å². The molecule has 52 valence electrons. The molecule has 2 nitrogen and oxygen atoms in total. The van der Waals surface area contributed by atoms with Crippen molar-refractivity contribution in [3.63, 3.8) is 0 Å². The van der Waals surface area contributed by atoms with E-state index in [9.17, 15) is 4.79 Å². The Bertz CT molecular complexity index is 122. The highest BCUT2D eigenvalue weighted by Crippen LogP contribution is 2.15. The monoisotopic (exact) mass is 127 g/mol. The third-order valence-electron chi connectivity index (χ3n) is 1.92. The quantitative estimate of drug-likeness (QED) is 0.557. The molecular weight excluding hydrogens is 114 g/mol. The zero-order chi connectivity index (χ0) is 6.85. The van der Waals surface area contributed by atoms with Gasteiger partial charge in [-0.05, 0) is 12.8 Å². The first-order valence-electron chi connectivity index (χ1n) is 3.54. The minimum absolute atomic E-state index is 0.224. The van der Waals surface area contributed by atoms with Crippen LogP contribution >= 0.6 is 0 Å². The van der Waals surface area contributed by atoms with Gasteiger partial charge in [-0.15, -0.1) is 0 Å². The Kier molecular flexibility index (Phi) is 1.74. The van der Waals surface area contributed by atoms with Gasteiger partial charge < -0.3 is 5.32 Å². The van der Waals surface area contributed by atoms with Crippen LogP contribution in [0.4, 0.5) is 0 Å². The fraction of sp³-hybridized carbons (Fsp3) is 0.857. The number of amides is 1. The molecule has 0 bridgehead atoms. The second-order valence-electron chi connectivity index (χ2n) is 2.75. The molecule has 0 aromatic rings. The summed E-state index contributed by atoms with van der Waals surface area (Å²) in [6.07, 6.45) is 2.09. The van der Waals surface area contributed by atoms with Gasteiger partial charge in [0, 0.05) is 12.0 Å². The van der Waals surface area contributed by atoms with E-state index in [1.807, 2.05) is 6.92 Å². The zero-order valence-electron chi connectivity index (χ0n) is 5.98. The molecule has 1 aliphatic rings. The Morgan fingerprint density at radius 2 is 2.44 bits per heavy atom. The Balaban J connectivity index is 2.44. The maximum Gasteiger partial charge on any atom is 0.223 e. The summed E-state index contributed by atoms with van der Waals surface area (Å²) in [5.74, 6) is 0.469. The largest absolute Gasteiger partial charge is 0.353 e. The molecule has 0 radical (unpaired) electrons. The molecule has 1 N–H and O–H groups in total. The summed E-state index contributed by atoms with van der Waals surface area (Å²) < 4.78 is 0. The molecule has 2 atom stereocenters. The number of carbonyl (C=O) groups is 1. The molecule has 0 aliphatic carbocycles. The third-order valence-corrected chi connectivity index (χ3v) is 1.92. The standard InChI is InChI=1S/C7H13NO/c1-3-6-4-5(2)7(9)8-6/h5-6H,3-4H2,1-2H3,(H,8,9)/t5?,6-/m1/s1. The van der Waals surface area contributed by atoms with Crippen molar-refractivity contribution in [3.8, 4) is 0 Å². The van der Waals surface area contributed by atoms with E-state index >= 15 is 0 Å². The Hall–Kier alpha value is -0.530. The molecule has 0 spiro atoms. The summed E-state index contributed by atoms with van der Waals surface area (Å²) in [6, 6.07) is 0.451. The minimum atomic E-state index is 0.224. The van der Waals surface area contributed by atoms with Crippen molar-refractivity contribution in [2.75, 3.05) is 0 Å². The molecule has 1 heterocycles. The van der Waals surface area contributed by atoms with Gasteiger partial charge in [0.2, 0.25) is 5.91 Å².